The minimum atomic E-state index is -0.469. The van der Waals surface area contributed by atoms with Gasteiger partial charge in [-0.15, -0.1) is 0 Å². The third-order valence-electron chi connectivity index (χ3n) is 5.45. The molecule has 1 amide bonds. The normalized spacial score (nSPS) is 11.3. The largest absolute Gasteiger partial charge is 0.481 e. The standard InChI is InChI=1S/C27H22BrCl2FN4O3/c1-2-3-4-24-34-23-10-5-17(28)13-20(23)27(37)35(24)32-14-16-11-21(29)26(22(30)12-16)38-15-25(36)33-19-8-6-18(31)7-9-19/h5-14H,2-4,15H2,1H3,(H,33,36). The lowest BCUT2D eigenvalue weighted by molar-refractivity contribution is -0.118. The molecule has 1 aromatic heterocycles. The van der Waals surface area contributed by atoms with Gasteiger partial charge in [-0.3, -0.25) is 9.59 Å². The van der Waals surface area contributed by atoms with Crippen LogP contribution < -0.4 is 15.6 Å². The lowest BCUT2D eigenvalue weighted by atomic mass is 10.2. The van der Waals surface area contributed by atoms with Crippen LogP contribution in [0.4, 0.5) is 10.1 Å². The summed E-state index contributed by atoms with van der Waals surface area (Å²) in [7, 11) is 0. The van der Waals surface area contributed by atoms with Crippen LogP contribution in [-0.4, -0.2) is 28.4 Å². The number of carbonyl (C=O) groups is 1. The predicted octanol–water partition coefficient (Wildman–Crippen LogP) is 6.85. The monoisotopic (exact) mass is 618 g/mol. The first-order valence-corrected chi connectivity index (χ1v) is 13.2. The third kappa shape index (κ3) is 6.78. The second-order valence-electron chi connectivity index (χ2n) is 8.31. The van der Waals surface area contributed by atoms with Gasteiger partial charge in [0.2, 0.25) is 0 Å². The zero-order valence-corrected chi connectivity index (χ0v) is 23.3. The van der Waals surface area contributed by atoms with Crippen LogP contribution in [0.15, 0.2) is 69.0 Å². The Hall–Kier alpha value is -3.27. The first-order chi connectivity index (χ1) is 18.2. The van der Waals surface area contributed by atoms with Gasteiger partial charge in [0.1, 0.15) is 11.6 Å². The molecule has 0 fully saturated rings. The molecule has 4 aromatic rings. The highest BCUT2D eigenvalue weighted by atomic mass is 79.9. The van der Waals surface area contributed by atoms with E-state index in [-0.39, 0.29) is 28.0 Å². The van der Waals surface area contributed by atoms with E-state index < -0.39 is 11.7 Å². The molecule has 7 nitrogen and oxygen atoms in total. The quantitative estimate of drug-likeness (QED) is 0.208. The molecule has 0 spiro atoms. The van der Waals surface area contributed by atoms with E-state index in [1.54, 1.807) is 24.3 Å². The molecular formula is C27H22BrCl2FN4O3. The third-order valence-corrected chi connectivity index (χ3v) is 6.50. The van der Waals surface area contributed by atoms with Crippen LogP contribution in [0.1, 0.15) is 31.2 Å². The fourth-order valence-corrected chi connectivity index (χ4v) is 4.57. The van der Waals surface area contributed by atoms with Crippen LogP contribution in [0.3, 0.4) is 0 Å². The van der Waals surface area contributed by atoms with E-state index in [9.17, 15) is 14.0 Å². The SMILES string of the molecule is CCCCc1nc2ccc(Br)cc2c(=O)n1N=Cc1cc(Cl)c(OCC(=O)Nc2ccc(F)cc2)c(Cl)c1. The maximum atomic E-state index is 13.2. The Morgan fingerprint density at radius 2 is 1.87 bits per heavy atom. The van der Waals surface area contributed by atoms with Crippen molar-refractivity contribution < 1.29 is 13.9 Å². The molecule has 0 atom stereocenters. The number of hydrogen-bond acceptors (Lipinski definition) is 5. The van der Waals surface area contributed by atoms with Crippen molar-refractivity contribution >= 4 is 67.8 Å². The van der Waals surface area contributed by atoms with Crippen molar-refractivity contribution in [3.05, 3.63) is 96.7 Å². The first-order valence-electron chi connectivity index (χ1n) is 11.7. The van der Waals surface area contributed by atoms with Gasteiger partial charge >= 0.3 is 0 Å². The number of nitrogens with zero attached hydrogens (tertiary/aromatic N) is 3. The van der Waals surface area contributed by atoms with Gasteiger partial charge in [-0.2, -0.15) is 9.78 Å². The van der Waals surface area contributed by atoms with E-state index >= 15 is 0 Å². The molecule has 4 rings (SSSR count). The maximum absolute atomic E-state index is 13.2. The lowest BCUT2D eigenvalue weighted by Crippen LogP contribution is -2.22. The van der Waals surface area contributed by atoms with Crippen LogP contribution in [0, 0.1) is 5.82 Å². The van der Waals surface area contributed by atoms with E-state index in [2.05, 4.69) is 38.3 Å². The minimum Gasteiger partial charge on any atom is -0.481 e. The average Bonchev–Trinajstić information content (AvgIpc) is 2.88. The number of aryl methyl sites for hydroxylation is 1. The topological polar surface area (TPSA) is 85.6 Å². The van der Waals surface area contributed by atoms with Crippen molar-refractivity contribution in [1.82, 2.24) is 9.66 Å². The van der Waals surface area contributed by atoms with Crippen molar-refractivity contribution in [2.45, 2.75) is 26.2 Å². The molecule has 196 valence electrons. The summed E-state index contributed by atoms with van der Waals surface area (Å²) in [5.74, 6) is -0.206. The highest BCUT2D eigenvalue weighted by Gasteiger charge is 2.14. The fraction of sp³-hybridized carbons (Fsp3) is 0.185. The summed E-state index contributed by atoms with van der Waals surface area (Å²) < 4.78 is 20.6. The van der Waals surface area contributed by atoms with Crippen LogP contribution in [-0.2, 0) is 11.2 Å². The number of hydrogen-bond donors (Lipinski definition) is 1. The minimum absolute atomic E-state index is 0.123. The van der Waals surface area contributed by atoms with Gasteiger partial charge in [0.25, 0.3) is 11.5 Å². The Morgan fingerprint density at radius 1 is 1.16 bits per heavy atom. The van der Waals surface area contributed by atoms with Gasteiger partial charge in [-0.05, 0) is 66.6 Å². The van der Waals surface area contributed by atoms with Crippen molar-refractivity contribution in [2.75, 3.05) is 11.9 Å². The molecular weight excluding hydrogens is 598 g/mol. The first kappa shape index (κ1) is 27.8. The Kier molecular flexibility index (Phi) is 9.14. The molecule has 0 aliphatic rings. The Labute approximate surface area is 236 Å². The van der Waals surface area contributed by atoms with Crippen LogP contribution >= 0.6 is 39.1 Å². The molecule has 11 heteroatoms. The second kappa shape index (κ2) is 12.5. The summed E-state index contributed by atoms with van der Waals surface area (Å²) in [6.07, 6.45) is 3.84. The van der Waals surface area contributed by atoms with Gasteiger partial charge in [0, 0.05) is 16.6 Å². The molecule has 1 heterocycles. The Bertz CT molecular complexity index is 1550. The molecule has 0 saturated heterocycles. The van der Waals surface area contributed by atoms with Gasteiger partial charge in [0.15, 0.2) is 12.4 Å². The van der Waals surface area contributed by atoms with Gasteiger partial charge < -0.3 is 10.1 Å². The fourth-order valence-electron chi connectivity index (χ4n) is 3.59. The number of aromatic nitrogens is 2. The molecule has 0 aliphatic heterocycles. The highest BCUT2D eigenvalue weighted by Crippen LogP contribution is 2.34. The average molecular weight is 620 g/mol. The zero-order valence-electron chi connectivity index (χ0n) is 20.2. The van der Waals surface area contributed by atoms with Crippen molar-refractivity contribution in [2.24, 2.45) is 5.10 Å². The summed E-state index contributed by atoms with van der Waals surface area (Å²) >= 11 is 16.1. The molecule has 0 radical (unpaired) electrons. The van der Waals surface area contributed by atoms with E-state index in [4.69, 9.17) is 27.9 Å². The number of unbranched alkanes of at least 4 members (excludes halogenated alkanes) is 1. The number of fused-ring (bicyclic) bond motifs is 1. The summed E-state index contributed by atoms with van der Waals surface area (Å²) in [5, 5.41) is 7.75. The second-order valence-corrected chi connectivity index (χ2v) is 10.0. The summed E-state index contributed by atoms with van der Waals surface area (Å²) in [6.45, 7) is 1.70. The van der Waals surface area contributed by atoms with E-state index in [0.717, 1.165) is 17.3 Å². The van der Waals surface area contributed by atoms with E-state index in [1.165, 1.54) is 35.2 Å². The Morgan fingerprint density at radius 3 is 2.55 bits per heavy atom. The van der Waals surface area contributed by atoms with E-state index in [0.29, 0.717) is 34.4 Å². The van der Waals surface area contributed by atoms with Crippen molar-refractivity contribution in [1.29, 1.82) is 0 Å². The number of anilines is 1. The van der Waals surface area contributed by atoms with Crippen molar-refractivity contribution in [3.63, 3.8) is 0 Å². The number of rotatable bonds is 9. The maximum Gasteiger partial charge on any atom is 0.282 e. The molecule has 38 heavy (non-hydrogen) atoms. The van der Waals surface area contributed by atoms with Gasteiger partial charge in [-0.25, -0.2) is 9.37 Å². The number of ether oxygens (including phenoxy) is 1. The number of nitrogens with one attached hydrogen (secondary N) is 1. The smallest absolute Gasteiger partial charge is 0.282 e. The summed E-state index contributed by atoms with van der Waals surface area (Å²) in [6, 6.07) is 13.8. The molecule has 0 saturated carbocycles. The zero-order chi connectivity index (χ0) is 27.2. The number of halogens is 4. The highest BCUT2D eigenvalue weighted by molar-refractivity contribution is 9.10. The predicted molar refractivity (Wildman–Crippen MR) is 152 cm³/mol. The number of benzene rings is 3. The molecule has 0 aliphatic carbocycles. The van der Waals surface area contributed by atoms with E-state index in [1.807, 2.05) is 6.07 Å². The lowest BCUT2D eigenvalue weighted by Gasteiger charge is -2.11. The number of amides is 1. The summed E-state index contributed by atoms with van der Waals surface area (Å²) in [4.78, 5) is 30.1. The van der Waals surface area contributed by atoms with Crippen LogP contribution in [0.25, 0.3) is 10.9 Å². The molecule has 0 unspecified atom stereocenters. The molecule has 1 N–H and O–H groups in total. The van der Waals surface area contributed by atoms with Crippen LogP contribution in [0.2, 0.25) is 10.0 Å². The molecule has 3 aromatic carbocycles. The van der Waals surface area contributed by atoms with Crippen LogP contribution in [0.5, 0.6) is 5.75 Å². The van der Waals surface area contributed by atoms with Gasteiger partial charge in [0.05, 0.1) is 27.2 Å². The van der Waals surface area contributed by atoms with Crippen molar-refractivity contribution in [3.8, 4) is 5.75 Å². The summed E-state index contributed by atoms with van der Waals surface area (Å²) in [5.41, 5.74) is 1.26. The van der Waals surface area contributed by atoms with Gasteiger partial charge in [-0.1, -0.05) is 52.5 Å². The molecule has 0 bridgehead atoms. The number of carbonyl (C=O) groups excluding carboxylic acids is 1. The Balaban J connectivity index is 1.54.